The monoisotopic (exact) mass is 353 g/mol. The summed E-state index contributed by atoms with van der Waals surface area (Å²) in [4.78, 5) is 22.4. The molecule has 0 aliphatic rings. The molecule has 7 heteroatoms. The zero-order valence-corrected chi connectivity index (χ0v) is 14.1. The van der Waals surface area contributed by atoms with Gasteiger partial charge in [-0.1, -0.05) is 18.2 Å². The molecule has 0 radical (unpaired) electrons. The number of nitrogens with zero attached hydrogens (tertiary/aromatic N) is 1. The molecule has 0 fully saturated rings. The van der Waals surface area contributed by atoms with Gasteiger partial charge in [-0.3, -0.25) is 10.1 Å². The molecular formula is C19H15NO6. The molecule has 1 aromatic heterocycles. The lowest BCUT2D eigenvalue weighted by Crippen LogP contribution is -2.04. The summed E-state index contributed by atoms with van der Waals surface area (Å²) in [5.74, 6) is -0.0170. The number of nitro groups is 1. The van der Waals surface area contributed by atoms with Gasteiger partial charge in [0, 0.05) is 28.6 Å². The number of methoxy groups -OCH3 is 2. The third-order valence-electron chi connectivity index (χ3n) is 3.84. The van der Waals surface area contributed by atoms with Crippen LogP contribution in [0.15, 0.2) is 59.2 Å². The van der Waals surface area contributed by atoms with Crippen molar-refractivity contribution in [2.24, 2.45) is 0 Å². The first-order chi connectivity index (χ1) is 12.5. The van der Waals surface area contributed by atoms with Crippen molar-refractivity contribution in [3.63, 3.8) is 0 Å². The Hall–Kier alpha value is -3.61. The number of rotatable bonds is 5. The Bertz CT molecular complexity index is 1000. The van der Waals surface area contributed by atoms with Crippen LogP contribution in [0.5, 0.6) is 0 Å². The quantitative estimate of drug-likeness (QED) is 0.225. The summed E-state index contributed by atoms with van der Waals surface area (Å²) in [6, 6.07) is 13.2. The molecule has 0 spiro atoms. The zero-order chi connectivity index (χ0) is 18.7. The molecule has 0 aliphatic heterocycles. The molecule has 7 nitrogen and oxygen atoms in total. The van der Waals surface area contributed by atoms with Gasteiger partial charge in [-0.25, -0.2) is 4.79 Å². The van der Waals surface area contributed by atoms with Gasteiger partial charge >= 0.3 is 5.97 Å². The fourth-order valence-electron chi connectivity index (χ4n) is 2.61. The highest BCUT2D eigenvalue weighted by atomic mass is 16.6. The van der Waals surface area contributed by atoms with E-state index in [-0.39, 0.29) is 11.3 Å². The van der Waals surface area contributed by atoms with Crippen LogP contribution < -0.4 is 0 Å². The van der Waals surface area contributed by atoms with E-state index in [1.165, 1.54) is 32.6 Å². The SMILES string of the molecule is CO/C=C(/C(=O)OC)c1cccc2cc(-c3ccc([N+](=O)[O-])cc3)oc12. The lowest BCUT2D eigenvalue weighted by atomic mass is 10.0. The predicted molar refractivity (Wildman–Crippen MR) is 95.3 cm³/mol. The van der Waals surface area contributed by atoms with Gasteiger partial charge in [-0.05, 0) is 18.2 Å². The maximum absolute atomic E-state index is 12.0. The summed E-state index contributed by atoms with van der Waals surface area (Å²) in [6.07, 6.45) is 1.30. The van der Waals surface area contributed by atoms with Crippen LogP contribution >= 0.6 is 0 Å². The number of non-ortho nitro benzene ring substituents is 1. The maximum Gasteiger partial charge on any atom is 0.341 e. The van der Waals surface area contributed by atoms with E-state index in [0.717, 1.165) is 5.39 Å². The molecule has 1 heterocycles. The molecule has 3 aromatic rings. The van der Waals surface area contributed by atoms with Gasteiger partial charge in [0.25, 0.3) is 5.69 Å². The van der Waals surface area contributed by atoms with Crippen molar-refractivity contribution in [2.75, 3.05) is 14.2 Å². The van der Waals surface area contributed by atoms with Gasteiger partial charge in [0.2, 0.25) is 0 Å². The molecule has 0 bridgehead atoms. The number of fused-ring (bicyclic) bond motifs is 1. The van der Waals surface area contributed by atoms with Crippen molar-refractivity contribution in [3.8, 4) is 11.3 Å². The lowest BCUT2D eigenvalue weighted by molar-refractivity contribution is -0.384. The molecule has 2 aromatic carbocycles. The number of benzene rings is 2. The van der Waals surface area contributed by atoms with Crippen LogP contribution in [0.2, 0.25) is 0 Å². The zero-order valence-electron chi connectivity index (χ0n) is 14.1. The third kappa shape index (κ3) is 3.14. The summed E-state index contributed by atoms with van der Waals surface area (Å²) >= 11 is 0. The van der Waals surface area contributed by atoms with E-state index in [2.05, 4.69) is 0 Å². The number of para-hydroxylation sites is 1. The third-order valence-corrected chi connectivity index (χ3v) is 3.84. The Labute approximate surface area is 148 Å². The molecule has 3 rings (SSSR count). The Morgan fingerprint density at radius 3 is 2.50 bits per heavy atom. The Morgan fingerprint density at radius 2 is 1.88 bits per heavy atom. The van der Waals surface area contributed by atoms with Crippen LogP contribution in [0.1, 0.15) is 5.56 Å². The van der Waals surface area contributed by atoms with Crippen molar-refractivity contribution in [3.05, 3.63) is 70.5 Å². The van der Waals surface area contributed by atoms with E-state index in [9.17, 15) is 14.9 Å². The summed E-state index contributed by atoms with van der Waals surface area (Å²) in [5, 5.41) is 11.6. The topological polar surface area (TPSA) is 91.8 Å². The molecular weight excluding hydrogens is 338 g/mol. The highest BCUT2D eigenvalue weighted by Crippen LogP contribution is 2.33. The second-order valence-electron chi connectivity index (χ2n) is 5.40. The van der Waals surface area contributed by atoms with Gasteiger partial charge in [0.1, 0.15) is 16.9 Å². The first-order valence-corrected chi connectivity index (χ1v) is 7.64. The number of ether oxygens (including phenoxy) is 2. The Balaban J connectivity index is 2.10. The second kappa shape index (κ2) is 7.10. The van der Waals surface area contributed by atoms with Crippen LogP contribution in [0, 0.1) is 10.1 Å². The predicted octanol–water partition coefficient (Wildman–Crippen LogP) is 4.17. The number of hydrogen-bond acceptors (Lipinski definition) is 6. The van der Waals surface area contributed by atoms with Gasteiger partial charge < -0.3 is 13.9 Å². The smallest absolute Gasteiger partial charge is 0.341 e. The molecule has 26 heavy (non-hydrogen) atoms. The number of hydrogen-bond donors (Lipinski definition) is 0. The summed E-state index contributed by atoms with van der Waals surface area (Å²) in [5.41, 5.74) is 1.94. The van der Waals surface area contributed by atoms with Crippen molar-refractivity contribution in [1.29, 1.82) is 0 Å². The summed E-state index contributed by atoms with van der Waals surface area (Å²) in [6.45, 7) is 0. The van der Waals surface area contributed by atoms with Crippen molar-refractivity contribution in [2.45, 2.75) is 0 Å². The molecule has 132 valence electrons. The molecule has 0 atom stereocenters. The minimum Gasteiger partial charge on any atom is -0.503 e. The van der Waals surface area contributed by atoms with Crippen molar-refractivity contribution in [1.82, 2.24) is 0 Å². The molecule has 0 saturated heterocycles. The van der Waals surface area contributed by atoms with Gasteiger partial charge in [-0.15, -0.1) is 0 Å². The average molecular weight is 353 g/mol. The highest BCUT2D eigenvalue weighted by molar-refractivity contribution is 6.19. The largest absolute Gasteiger partial charge is 0.503 e. The number of esters is 1. The normalized spacial score (nSPS) is 11.4. The van der Waals surface area contributed by atoms with Crippen LogP contribution in [-0.2, 0) is 14.3 Å². The first kappa shape index (κ1) is 17.2. The minimum absolute atomic E-state index is 0.00144. The minimum atomic E-state index is -0.548. The fraction of sp³-hybridized carbons (Fsp3) is 0.105. The number of carbonyl (C=O) groups excluding carboxylic acids is 1. The number of carbonyl (C=O) groups is 1. The van der Waals surface area contributed by atoms with Gasteiger partial charge in [-0.2, -0.15) is 0 Å². The molecule has 0 amide bonds. The number of furan rings is 1. The van der Waals surface area contributed by atoms with Crippen LogP contribution in [0.4, 0.5) is 5.69 Å². The summed E-state index contributed by atoms with van der Waals surface area (Å²) in [7, 11) is 2.73. The van der Waals surface area contributed by atoms with Crippen LogP contribution in [-0.4, -0.2) is 25.1 Å². The molecule has 0 unspecified atom stereocenters. The first-order valence-electron chi connectivity index (χ1n) is 7.64. The van der Waals surface area contributed by atoms with Gasteiger partial charge in [0.15, 0.2) is 0 Å². The van der Waals surface area contributed by atoms with E-state index in [0.29, 0.717) is 22.5 Å². The van der Waals surface area contributed by atoms with E-state index in [1.807, 2.05) is 12.1 Å². The van der Waals surface area contributed by atoms with E-state index in [1.54, 1.807) is 24.3 Å². The Morgan fingerprint density at radius 1 is 1.15 bits per heavy atom. The molecule has 0 saturated carbocycles. The molecule has 0 aliphatic carbocycles. The van der Waals surface area contributed by atoms with Crippen LogP contribution in [0.3, 0.4) is 0 Å². The van der Waals surface area contributed by atoms with E-state index < -0.39 is 10.9 Å². The average Bonchev–Trinajstić information content (AvgIpc) is 3.10. The maximum atomic E-state index is 12.0. The number of nitro benzene ring substituents is 1. The molecule has 0 N–H and O–H groups in total. The van der Waals surface area contributed by atoms with Crippen molar-refractivity contribution >= 4 is 28.2 Å². The lowest BCUT2D eigenvalue weighted by Gasteiger charge is -2.06. The van der Waals surface area contributed by atoms with Gasteiger partial charge in [0.05, 0.1) is 25.4 Å². The van der Waals surface area contributed by atoms with Crippen LogP contribution in [0.25, 0.3) is 27.9 Å². The Kier molecular flexibility index (Phi) is 4.70. The summed E-state index contributed by atoms with van der Waals surface area (Å²) < 4.78 is 15.7. The van der Waals surface area contributed by atoms with Crippen molar-refractivity contribution < 1.29 is 23.6 Å². The standard InChI is InChI=1S/C19H15NO6/c1-24-11-16(19(21)25-2)15-5-3-4-13-10-17(26-18(13)15)12-6-8-14(9-7-12)20(22)23/h3-11H,1-2H3/b16-11+. The fourth-order valence-corrected chi connectivity index (χ4v) is 2.61. The van der Waals surface area contributed by atoms with E-state index in [4.69, 9.17) is 13.9 Å². The highest BCUT2D eigenvalue weighted by Gasteiger charge is 2.19. The van der Waals surface area contributed by atoms with E-state index >= 15 is 0 Å². The second-order valence-corrected chi connectivity index (χ2v) is 5.40.